The van der Waals surface area contributed by atoms with Gasteiger partial charge in [0.2, 0.25) is 0 Å². The van der Waals surface area contributed by atoms with E-state index in [2.05, 4.69) is 9.80 Å². The van der Waals surface area contributed by atoms with Crippen LogP contribution < -0.4 is 0 Å². The van der Waals surface area contributed by atoms with E-state index >= 15 is 0 Å². The topological polar surface area (TPSA) is 53.0 Å². The first-order chi connectivity index (χ1) is 9.12. The average molecular weight is 270 g/mol. The fourth-order valence-electron chi connectivity index (χ4n) is 3.12. The van der Waals surface area contributed by atoms with Crippen molar-refractivity contribution in [3.8, 4) is 0 Å². The largest absolute Gasteiger partial charge is 0.481 e. The van der Waals surface area contributed by atoms with Gasteiger partial charge in [0, 0.05) is 32.8 Å². The molecule has 0 bridgehead atoms. The molecule has 5 heteroatoms. The minimum Gasteiger partial charge on any atom is -0.481 e. The molecule has 0 spiro atoms. The minimum absolute atomic E-state index is 0.576. The van der Waals surface area contributed by atoms with E-state index in [-0.39, 0.29) is 0 Å². The highest BCUT2D eigenvalue weighted by molar-refractivity contribution is 5.75. The van der Waals surface area contributed by atoms with Crippen molar-refractivity contribution in [3.05, 3.63) is 0 Å². The Balaban J connectivity index is 1.80. The minimum atomic E-state index is -0.663. The SMILES string of the molecule is CN(CCN1CCCC1)CC1(C(=O)O)CCOCC1. The predicted octanol–water partition coefficient (Wildman–Crippen LogP) is 0.895. The summed E-state index contributed by atoms with van der Waals surface area (Å²) in [6.45, 7) is 6.20. The number of likely N-dealkylation sites (N-methyl/N-ethyl adjacent to an activating group) is 1. The molecular formula is C14H26N2O3. The van der Waals surface area contributed by atoms with E-state index in [4.69, 9.17) is 4.74 Å². The molecule has 110 valence electrons. The fourth-order valence-corrected chi connectivity index (χ4v) is 3.12. The highest BCUT2D eigenvalue weighted by Gasteiger charge is 2.40. The van der Waals surface area contributed by atoms with E-state index in [9.17, 15) is 9.90 Å². The molecule has 0 saturated carbocycles. The Morgan fingerprint density at radius 1 is 1.32 bits per heavy atom. The van der Waals surface area contributed by atoms with Gasteiger partial charge >= 0.3 is 5.97 Å². The second-order valence-corrected chi connectivity index (χ2v) is 5.98. The second-order valence-electron chi connectivity index (χ2n) is 5.98. The molecule has 0 aromatic heterocycles. The van der Waals surface area contributed by atoms with Gasteiger partial charge < -0.3 is 19.6 Å². The Labute approximate surface area is 115 Å². The highest BCUT2D eigenvalue weighted by atomic mass is 16.5. The Morgan fingerprint density at radius 2 is 1.95 bits per heavy atom. The molecule has 2 rings (SSSR count). The molecular weight excluding hydrogens is 244 g/mol. The second kappa shape index (κ2) is 6.68. The smallest absolute Gasteiger partial charge is 0.311 e. The summed E-state index contributed by atoms with van der Waals surface area (Å²) in [5.41, 5.74) is -0.599. The number of hydrogen-bond donors (Lipinski definition) is 1. The molecule has 2 fully saturated rings. The van der Waals surface area contributed by atoms with Crippen molar-refractivity contribution in [2.45, 2.75) is 25.7 Å². The van der Waals surface area contributed by atoms with Crippen molar-refractivity contribution < 1.29 is 14.6 Å². The third-order valence-corrected chi connectivity index (χ3v) is 4.47. The lowest BCUT2D eigenvalue weighted by atomic mass is 9.80. The number of aliphatic carboxylic acids is 1. The highest BCUT2D eigenvalue weighted by Crippen LogP contribution is 2.31. The maximum Gasteiger partial charge on any atom is 0.311 e. The van der Waals surface area contributed by atoms with Crippen molar-refractivity contribution in [2.24, 2.45) is 5.41 Å². The maximum atomic E-state index is 11.6. The Morgan fingerprint density at radius 3 is 2.53 bits per heavy atom. The number of hydrogen-bond acceptors (Lipinski definition) is 4. The number of ether oxygens (including phenoxy) is 1. The summed E-state index contributed by atoms with van der Waals surface area (Å²) >= 11 is 0. The van der Waals surface area contributed by atoms with E-state index in [0.717, 1.165) is 13.1 Å². The molecule has 0 amide bonds. The van der Waals surface area contributed by atoms with Crippen LogP contribution >= 0.6 is 0 Å². The van der Waals surface area contributed by atoms with Gasteiger partial charge in [-0.05, 0) is 45.8 Å². The number of rotatable bonds is 6. The van der Waals surface area contributed by atoms with E-state index in [0.29, 0.717) is 32.6 Å². The Hall–Kier alpha value is -0.650. The van der Waals surface area contributed by atoms with Crippen molar-refractivity contribution in [1.82, 2.24) is 9.80 Å². The van der Waals surface area contributed by atoms with Crippen molar-refractivity contribution >= 4 is 5.97 Å². The van der Waals surface area contributed by atoms with Crippen LogP contribution in [-0.4, -0.2) is 73.9 Å². The van der Waals surface area contributed by atoms with Crippen LogP contribution in [0, 0.1) is 5.41 Å². The molecule has 0 aliphatic carbocycles. The standard InChI is InChI=1S/C14H26N2O3/c1-15(8-9-16-6-2-3-7-16)12-14(13(17)18)4-10-19-11-5-14/h2-12H2,1H3,(H,17,18). The first-order valence-corrected chi connectivity index (χ1v) is 7.34. The zero-order chi connectivity index (χ0) is 13.7. The van der Waals surface area contributed by atoms with Crippen LogP contribution in [0.4, 0.5) is 0 Å². The van der Waals surface area contributed by atoms with Gasteiger partial charge in [0.25, 0.3) is 0 Å². The van der Waals surface area contributed by atoms with Gasteiger partial charge in [0.15, 0.2) is 0 Å². The molecule has 2 saturated heterocycles. The molecule has 2 aliphatic rings. The molecule has 2 heterocycles. The van der Waals surface area contributed by atoms with Crippen LogP contribution in [0.25, 0.3) is 0 Å². The molecule has 1 N–H and O–H groups in total. The number of carbonyl (C=O) groups is 1. The summed E-state index contributed by atoms with van der Waals surface area (Å²) in [4.78, 5) is 16.2. The number of carboxylic acid groups (broad SMARTS) is 1. The van der Waals surface area contributed by atoms with Crippen LogP contribution in [0.5, 0.6) is 0 Å². The van der Waals surface area contributed by atoms with E-state index in [1.807, 2.05) is 7.05 Å². The van der Waals surface area contributed by atoms with E-state index < -0.39 is 11.4 Å². The average Bonchev–Trinajstić information content (AvgIpc) is 2.90. The van der Waals surface area contributed by atoms with Crippen LogP contribution in [0.2, 0.25) is 0 Å². The molecule has 0 aromatic rings. The molecule has 0 unspecified atom stereocenters. The Bertz CT molecular complexity index is 297. The van der Waals surface area contributed by atoms with Gasteiger partial charge in [-0.15, -0.1) is 0 Å². The van der Waals surface area contributed by atoms with E-state index in [1.54, 1.807) is 0 Å². The molecule has 0 atom stereocenters. The summed E-state index contributed by atoms with van der Waals surface area (Å²) in [7, 11) is 2.04. The zero-order valence-electron chi connectivity index (χ0n) is 11.9. The number of carboxylic acids is 1. The summed E-state index contributed by atoms with van der Waals surface area (Å²) < 4.78 is 5.31. The third-order valence-electron chi connectivity index (χ3n) is 4.47. The first-order valence-electron chi connectivity index (χ1n) is 7.34. The lowest BCUT2D eigenvalue weighted by Gasteiger charge is -2.36. The quantitative estimate of drug-likeness (QED) is 0.777. The normalized spacial score (nSPS) is 23.9. The summed E-state index contributed by atoms with van der Waals surface area (Å²) in [5.74, 6) is -0.663. The van der Waals surface area contributed by atoms with Crippen LogP contribution in [0.15, 0.2) is 0 Å². The Kier molecular flexibility index (Phi) is 5.19. The third kappa shape index (κ3) is 3.91. The van der Waals surface area contributed by atoms with Gasteiger partial charge in [-0.1, -0.05) is 0 Å². The molecule has 2 aliphatic heterocycles. The first kappa shape index (κ1) is 14.8. The molecule has 0 aromatic carbocycles. The monoisotopic (exact) mass is 270 g/mol. The van der Waals surface area contributed by atoms with Gasteiger partial charge in [0.1, 0.15) is 0 Å². The van der Waals surface area contributed by atoms with Crippen molar-refractivity contribution in [1.29, 1.82) is 0 Å². The van der Waals surface area contributed by atoms with Gasteiger partial charge in [-0.3, -0.25) is 4.79 Å². The van der Waals surface area contributed by atoms with Crippen molar-refractivity contribution in [2.75, 3.05) is 53.0 Å². The predicted molar refractivity (Wildman–Crippen MR) is 73.3 cm³/mol. The van der Waals surface area contributed by atoms with Crippen LogP contribution in [0.3, 0.4) is 0 Å². The number of nitrogens with zero attached hydrogens (tertiary/aromatic N) is 2. The molecule has 0 radical (unpaired) electrons. The molecule has 5 nitrogen and oxygen atoms in total. The van der Waals surface area contributed by atoms with Crippen LogP contribution in [-0.2, 0) is 9.53 Å². The van der Waals surface area contributed by atoms with Crippen molar-refractivity contribution in [3.63, 3.8) is 0 Å². The lowest BCUT2D eigenvalue weighted by Crippen LogP contribution is -2.47. The summed E-state index contributed by atoms with van der Waals surface area (Å²) in [6.07, 6.45) is 3.88. The summed E-state index contributed by atoms with van der Waals surface area (Å²) in [6, 6.07) is 0. The maximum absolute atomic E-state index is 11.6. The van der Waals surface area contributed by atoms with E-state index in [1.165, 1.54) is 25.9 Å². The van der Waals surface area contributed by atoms with Crippen LogP contribution in [0.1, 0.15) is 25.7 Å². The van der Waals surface area contributed by atoms with Gasteiger partial charge in [-0.25, -0.2) is 0 Å². The fraction of sp³-hybridized carbons (Fsp3) is 0.929. The lowest BCUT2D eigenvalue weighted by molar-refractivity contribution is -0.156. The molecule has 19 heavy (non-hydrogen) atoms. The summed E-state index contributed by atoms with van der Waals surface area (Å²) in [5, 5.41) is 9.52. The number of likely N-dealkylation sites (tertiary alicyclic amines) is 1. The van der Waals surface area contributed by atoms with Gasteiger partial charge in [-0.2, -0.15) is 0 Å². The zero-order valence-corrected chi connectivity index (χ0v) is 11.9. The van der Waals surface area contributed by atoms with Gasteiger partial charge in [0.05, 0.1) is 5.41 Å².